The molecule has 2 aromatic heterocycles. The summed E-state index contributed by atoms with van der Waals surface area (Å²) in [6, 6.07) is 6.11. The molecule has 2 N–H and O–H groups in total. The van der Waals surface area contributed by atoms with Crippen LogP contribution in [-0.4, -0.2) is 25.7 Å². The van der Waals surface area contributed by atoms with Crippen molar-refractivity contribution in [2.75, 3.05) is 5.43 Å². The number of rotatable bonds is 6. The van der Waals surface area contributed by atoms with E-state index < -0.39 is 24.3 Å². The fourth-order valence-corrected chi connectivity index (χ4v) is 2.30. The molecule has 7 nitrogen and oxygen atoms in total. The van der Waals surface area contributed by atoms with Crippen LogP contribution in [0.2, 0.25) is 0 Å². The summed E-state index contributed by atoms with van der Waals surface area (Å²) in [5, 5.41) is 3.99. The van der Waals surface area contributed by atoms with Gasteiger partial charge in [-0.05, 0) is 35.9 Å². The Kier molecular flexibility index (Phi) is 5.86. The monoisotopic (exact) mass is 406 g/mol. The van der Waals surface area contributed by atoms with Gasteiger partial charge in [-0.25, -0.2) is 14.1 Å². The average molecular weight is 406 g/mol. The van der Waals surface area contributed by atoms with Gasteiger partial charge in [0, 0.05) is 30.2 Å². The second-order valence-corrected chi connectivity index (χ2v) is 5.76. The highest BCUT2D eigenvalue weighted by molar-refractivity contribution is 5.90. The molecule has 29 heavy (non-hydrogen) atoms. The molecule has 3 rings (SSSR count). The number of carbonyl (C=O) groups is 1. The highest BCUT2D eigenvalue weighted by Gasteiger charge is 2.31. The number of nitrogens with one attached hydrogen (secondary N) is 2. The minimum Gasteiger partial charge on any atom is -0.298 e. The van der Waals surface area contributed by atoms with Crippen molar-refractivity contribution in [2.24, 2.45) is 0 Å². The van der Waals surface area contributed by atoms with Crippen molar-refractivity contribution in [1.29, 1.82) is 0 Å². The number of nitrogens with zero attached hydrogens (tertiary/aromatic N) is 4. The molecule has 0 unspecified atom stereocenters. The third kappa shape index (κ3) is 5.37. The summed E-state index contributed by atoms with van der Waals surface area (Å²) in [5.74, 6) is -0.539. The number of halogens is 4. The summed E-state index contributed by atoms with van der Waals surface area (Å²) < 4.78 is 53.0. The van der Waals surface area contributed by atoms with E-state index in [0.29, 0.717) is 5.69 Å². The molecule has 0 spiro atoms. The topological polar surface area (TPSA) is 84.7 Å². The smallest absolute Gasteiger partial charge is 0.298 e. The summed E-state index contributed by atoms with van der Waals surface area (Å²) in [5.41, 5.74) is 4.60. The Morgan fingerprint density at radius 3 is 2.62 bits per heavy atom. The first-order chi connectivity index (χ1) is 13.8. The summed E-state index contributed by atoms with van der Waals surface area (Å²) in [4.78, 5) is 19.6. The van der Waals surface area contributed by atoms with Crippen molar-refractivity contribution in [3.8, 4) is 11.4 Å². The van der Waals surface area contributed by atoms with Gasteiger partial charge >= 0.3 is 6.18 Å². The standard InChI is InChI=1S/C18H14F4N6O/c19-10-12-7-13(9-14(8-12)18(20,21)22)17-24-11-28(27-17)6-3-16(29)26-25-15-1-4-23-5-2-15/h1-9,11H,10H2,(H,23,25)(H,26,29)/b6-3-. The van der Waals surface area contributed by atoms with E-state index in [1.807, 2.05) is 0 Å². The lowest BCUT2D eigenvalue weighted by molar-refractivity contribution is -0.137. The number of hydrogen-bond acceptors (Lipinski definition) is 5. The van der Waals surface area contributed by atoms with E-state index in [1.165, 1.54) is 18.6 Å². The normalized spacial score (nSPS) is 11.6. The molecule has 1 amide bonds. The average Bonchev–Trinajstić information content (AvgIpc) is 3.19. The van der Waals surface area contributed by atoms with E-state index in [4.69, 9.17) is 0 Å². The van der Waals surface area contributed by atoms with Gasteiger partial charge in [-0.1, -0.05) is 0 Å². The van der Waals surface area contributed by atoms with Gasteiger partial charge in [0.05, 0.1) is 11.3 Å². The maximum absolute atomic E-state index is 13.0. The van der Waals surface area contributed by atoms with Crippen molar-refractivity contribution in [2.45, 2.75) is 12.9 Å². The van der Waals surface area contributed by atoms with Gasteiger partial charge < -0.3 is 0 Å². The fourth-order valence-electron chi connectivity index (χ4n) is 2.30. The van der Waals surface area contributed by atoms with E-state index in [-0.39, 0.29) is 17.0 Å². The van der Waals surface area contributed by atoms with Crippen LogP contribution in [0.3, 0.4) is 0 Å². The molecule has 2 heterocycles. The van der Waals surface area contributed by atoms with Crippen molar-refractivity contribution >= 4 is 17.8 Å². The van der Waals surface area contributed by atoms with Gasteiger partial charge in [0.2, 0.25) is 0 Å². The molecule has 11 heteroatoms. The van der Waals surface area contributed by atoms with Gasteiger partial charge in [-0.2, -0.15) is 13.2 Å². The second kappa shape index (κ2) is 8.50. The highest BCUT2D eigenvalue weighted by atomic mass is 19.4. The van der Waals surface area contributed by atoms with Crippen molar-refractivity contribution in [3.05, 3.63) is 66.3 Å². The first-order valence-corrected chi connectivity index (χ1v) is 8.18. The zero-order chi connectivity index (χ0) is 20.9. The van der Waals surface area contributed by atoms with Crippen molar-refractivity contribution in [3.63, 3.8) is 0 Å². The van der Waals surface area contributed by atoms with Crippen LogP contribution in [0.4, 0.5) is 23.2 Å². The van der Waals surface area contributed by atoms with Crippen molar-refractivity contribution in [1.82, 2.24) is 25.2 Å². The minimum absolute atomic E-state index is 0.0171. The molecule has 0 atom stereocenters. The Bertz CT molecular complexity index is 1020. The van der Waals surface area contributed by atoms with Crippen LogP contribution < -0.4 is 10.9 Å². The predicted molar refractivity (Wildman–Crippen MR) is 96.6 cm³/mol. The maximum atomic E-state index is 13.0. The van der Waals surface area contributed by atoms with Gasteiger partial charge in [0.25, 0.3) is 5.91 Å². The van der Waals surface area contributed by atoms with Crippen molar-refractivity contribution < 1.29 is 22.4 Å². The molecular weight excluding hydrogens is 392 g/mol. The fraction of sp³-hybridized carbons (Fsp3) is 0.111. The molecule has 0 aliphatic heterocycles. The summed E-state index contributed by atoms with van der Waals surface area (Å²) >= 11 is 0. The van der Waals surface area contributed by atoms with E-state index in [2.05, 4.69) is 25.9 Å². The SMILES string of the molecule is O=C(/C=C\n1cnc(-c2cc(CF)cc(C(F)(F)F)c2)n1)NNc1ccncc1. The number of pyridine rings is 1. The third-order valence-electron chi connectivity index (χ3n) is 3.63. The molecule has 150 valence electrons. The molecule has 0 aliphatic carbocycles. The quantitative estimate of drug-likeness (QED) is 0.372. The lowest BCUT2D eigenvalue weighted by atomic mass is 10.1. The molecule has 0 radical (unpaired) electrons. The first kappa shape index (κ1) is 20.0. The molecule has 0 saturated carbocycles. The van der Waals surface area contributed by atoms with E-state index in [0.717, 1.165) is 22.9 Å². The molecule has 0 aliphatic rings. The lowest BCUT2D eigenvalue weighted by Gasteiger charge is -2.09. The number of amides is 1. The molecule has 0 fully saturated rings. The number of anilines is 1. The Morgan fingerprint density at radius 1 is 1.17 bits per heavy atom. The summed E-state index contributed by atoms with van der Waals surface area (Å²) in [7, 11) is 0. The largest absolute Gasteiger partial charge is 0.416 e. The number of aromatic nitrogens is 4. The Morgan fingerprint density at radius 2 is 1.93 bits per heavy atom. The molecule has 0 saturated heterocycles. The number of alkyl halides is 4. The van der Waals surface area contributed by atoms with Crippen LogP contribution >= 0.6 is 0 Å². The van der Waals surface area contributed by atoms with Crippen LogP contribution in [0.25, 0.3) is 17.6 Å². The number of hydrazine groups is 1. The number of carbonyl (C=O) groups excluding carboxylic acids is 1. The highest BCUT2D eigenvalue weighted by Crippen LogP contribution is 2.32. The summed E-state index contributed by atoms with van der Waals surface area (Å²) in [6.45, 7) is -1.05. The van der Waals surface area contributed by atoms with Gasteiger partial charge in [0.15, 0.2) is 5.82 Å². The van der Waals surface area contributed by atoms with Crippen LogP contribution in [0.5, 0.6) is 0 Å². The van der Waals surface area contributed by atoms with E-state index in [9.17, 15) is 22.4 Å². The minimum atomic E-state index is -4.62. The predicted octanol–water partition coefficient (Wildman–Crippen LogP) is 3.44. The lowest BCUT2D eigenvalue weighted by Crippen LogP contribution is -2.27. The van der Waals surface area contributed by atoms with E-state index in [1.54, 1.807) is 24.5 Å². The molecular formula is C18H14F4N6O. The maximum Gasteiger partial charge on any atom is 0.416 e. The van der Waals surface area contributed by atoms with Gasteiger partial charge in [-0.3, -0.25) is 20.6 Å². The van der Waals surface area contributed by atoms with Gasteiger partial charge in [0.1, 0.15) is 13.0 Å². The zero-order valence-electron chi connectivity index (χ0n) is 14.7. The number of benzene rings is 1. The second-order valence-electron chi connectivity index (χ2n) is 5.76. The Labute approximate surface area is 162 Å². The van der Waals surface area contributed by atoms with Crippen LogP contribution in [0.15, 0.2) is 55.1 Å². The van der Waals surface area contributed by atoms with Crippen LogP contribution in [-0.2, 0) is 17.6 Å². The molecule has 1 aromatic carbocycles. The molecule has 3 aromatic rings. The first-order valence-electron chi connectivity index (χ1n) is 8.18. The summed E-state index contributed by atoms with van der Waals surface area (Å²) in [6.07, 6.45) is 2.09. The molecule has 0 bridgehead atoms. The third-order valence-corrected chi connectivity index (χ3v) is 3.63. The van der Waals surface area contributed by atoms with Crippen LogP contribution in [0, 0.1) is 0 Å². The number of hydrogen-bond donors (Lipinski definition) is 2. The Balaban J connectivity index is 1.70. The van der Waals surface area contributed by atoms with Crippen LogP contribution in [0.1, 0.15) is 11.1 Å². The Hall–Kier alpha value is -3.76. The van der Waals surface area contributed by atoms with E-state index >= 15 is 0 Å². The zero-order valence-corrected chi connectivity index (χ0v) is 14.7. The van der Waals surface area contributed by atoms with Gasteiger partial charge in [-0.15, -0.1) is 5.10 Å².